The molecule has 1 heterocycles. The average Bonchev–Trinajstić information content (AvgIpc) is 2.15. The molecule has 1 aromatic carbocycles. The first-order valence-corrected chi connectivity index (χ1v) is 4.85. The van der Waals surface area contributed by atoms with Crippen LogP contribution in [0, 0.1) is 6.20 Å². The van der Waals surface area contributed by atoms with Gasteiger partial charge in [0.25, 0.3) is 0 Å². The van der Waals surface area contributed by atoms with E-state index >= 15 is 0 Å². The summed E-state index contributed by atoms with van der Waals surface area (Å²) in [5.74, 6) is 0. The van der Waals surface area contributed by atoms with Crippen molar-refractivity contribution in [2.45, 2.75) is 26.2 Å². The number of fused-ring (bicyclic) bond motifs is 1. The van der Waals surface area contributed by atoms with E-state index in [1.54, 1.807) is 0 Å². The molecule has 1 radical (unpaired) electrons. The standard InChI is InChI=1S/C13H14N/c1-13(2,3)11-8-9-14-12-7-5-4-6-10(11)12/h4-8H,1-3H3. The Balaban J connectivity index is 2.78. The molecule has 0 aliphatic heterocycles. The molecule has 0 amide bonds. The molecule has 1 nitrogen and oxygen atoms in total. The second-order valence-electron chi connectivity index (χ2n) is 4.57. The van der Waals surface area contributed by atoms with Gasteiger partial charge < -0.3 is 0 Å². The van der Waals surface area contributed by atoms with Gasteiger partial charge in [-0.3, -0.25) is 0 Å². The number of nitrogens with zero attached hydrogens (tertiary/aromatic N) is 1. The Morgan fingerprint density at radius 1 is 1.14 bits per heavy atom. The summed E-state index contributed by atoms with van der Waals surface area (Å²) in [4.78, 5) is 4.23. The minimum atomic E-state index is 0.152. The van der Waals surface area contributed by atoms with Crippen molar-refractivity contribution >= 4 is 10.9 Å². The molecular formula is C13H14N. The second-order valence-corrected chi connectivity index (χ2v) is 4.57. The highest BCUT2D eigenvalue weighted by Gasteiger charge is 2.16. The third-order valence-electron chi connectivity index (χ3n) is 2.40. The highest BCUT2D eigenvalue weighted by Crippen LogP contribution is 2.28. The van der Waals surface area contributed by atoms with Gasteiger partial charge in [0, 0.05) is 5.39 Å². The summed E-state index contributed by atoms with van der Waals surface area (Å²) in [6, 6.07) is 10.2. The van der Waals surface area contributed by atoms with Crippen molar-refractivity contribution in [1.82, 2.24) is 4.98 Å². The number of hydrogen-bond donors (Lipinski definition) is 0. The van der Waals surface area contributed by atoms with Gasteiger partial charge in [0.15, 0.2) is 0 Å². The van der Waals surface area contributed by atoms with Crippen LogP contribution in [-0.2, 0) is 5.41 Å². The van der Waals surface area contributed by atoms with Gasteiger partial charge in [0.05, 0.1) is 11.7 Å². The highest BCUT2D eigenvalue weighted by molar-refractivity contribution is 5.82. The van der Waals surface area contributed by atoms with Gasteiger partial charge in [-0.25, -0.2) is 4.98 Å². The van der Waals surface area contributed by atoms with Gasteiger partial charge in [0.1, 0.15) is 0 Å². The quantitative estimate of drug-likeness (QED) is 0.612. The smallest absolute Gasteiger partial charge is 0.0897 e. The summed E-state index contributed by atoms with van der Waals surface area (Å²) >= 11 is 0. The maximum atomic E-state index is 4.23. The highest BCUT2D eigenvalue weighted by atomic mass is 14.6. The summed E-state index contributed by atoms with van der Waals surface area (Å²) in [7, 11) is 0. The predicted molar refractivity (Wildman–Crippen MR) is 59.3 cm³/mol. The Morgan fingerprint density at radius 3 is 2.57 bits per heavy atom. The Bertz CT molecular complexity index is 447. The lowest BCUT2D eigenvalue weighted by Gasteiger charge is -2.20. The van der Waals surface area contributed by atoms with Gasteiger partial charge in [-0.2, -0.15) is 0 Å². The SMILES string of the molecule is CC(C)(C)c1c[c]nc2ccccc12. The lowest BCUT2D eigenvalue weighted by Crippen LogP contribution is -2.11. The van der Waals surface area contributed by atoms with E-state index in [1.165, 1.54) is 10.9 Å². The van der Waals surface area contributed by atoms with Crippen LogP contribution in [0.3, 0.4) is 0 Å². The third-order valence-corrected chi connectivity index (χ3v) is 2.40. The summed E-state index contributed by atoms with van der Waals surface area (Å²) < 4.78 is 0. The first-order valence-electron chi connectivity index (χ1n) is 4.85. The van der Waals surface area contributed by atoms with E-state index in [0.29, 0.717) is 0 Å². The molecule has 0 saturated heterocycles. The molecule has 0 N–H and O–H groups in total. The molecule has 2 aromatic rings. The molecule has 1 aromatic heterocycles. The number of rotatable bonds is 0. The van der Waals surface area contributed by atoms with Crippen LogP contribution in [0.2, 0.25) is 0 Å². The van der Waals surface area contributed by atoms with Gasteiger partial charge in [-0.1, -0.05) is 39.0 Å². The largest absolute Gasteiger partial charge is 0.246 e. The van der Waals surface area contributed by atoms with Gasteiger partial charge in [0.2, 0.25) is 0 Å². The van der Waals surface area contributed by atoms with E-state index in [4.69, 9.17) is 0 Å². The number of benzene rings is 1. The maximum Gasteiger partial charge on any atom is 0.0897 e. The first kappa shape index (κ1) is 9.20. The monoisotopic (exact) mass is 184 g/mol. The number of aromatic nitrogens is 1. The van der Waals surface area contributed by atoms with Crippen molar-refractivity contribution in [3.63, 3.8) is 0 Å². The van der Waals surface area contributed by atoms with Crippen LogP contribution >= 0.6 is 0 Å². The summed E-state index contributed by atoms with van der Waals surface area (Å²) in [5, 5.41) is 1.23. The fraction of sp³-hybridized carbons (Fsp3) is 0.308. The fourth-order valence-electron chi connectivity index (χ4n) is 1.66. The molecule has 71 valence electrons. The van der Waals surface area contributed by atoms with Crippen molar-refractivity contribution in [1.29, 1.82) is 0 Å². The molecule has 14 heavy (non-hydrogen) atoms. The summed E-state index contributed by atoms with van der Waals surface area (Å²) in [6.07, 6.45) is 2.96. The molecule has 0 unspecified atom stereocenters. The predicted octanol–water partition coefficient (Wildman–Crippen LogP) is 3.33. The zero-order chi connectivity index (χ0) is 10.2. The molecule has 0 fully saturated rings. The Hall–Kier alpha value is -1.37. The topological polar surface area (TPSA) is 12.9 Å². The second kappa shape index (κ2) is 3.09. The zero-order valence-electron chi connectivity index (χ0n) is 8.83. The van der Waals surface area contributed by atoms with Crippen molar-refractivity contribution in [3.05, 3.63) is 42.1 Å². The molecule has 0 saturated carbocycles. The Labute approximate surface area is 84.8 Å². The lowest BCUT2D eigenvalue weighted by molar-refractivity contribution is 0.595. The van der Waals surface area contributed by atoms with E-state index < -0.39 is 0 Å². The van der Waals surface area contributed by atoms with Gasteiger partial charge in [-0.05, 0) is 23.1 Å². The molecular weight excluding hydrogens is 170 g/mol. The zero-order valence-corrected chi connectivity index (χ0v) is 8.83. The number of hydrogen-bond acceptors (Lipinski definition) is 1. The molecule has 0 aliphatic rings. The van der Waals surface area contributed by atoms with Gasteiger partial charge in [-0.15, -0.1) is 0 Å². The van der Waals surface area contributed by atoms with Crippen LogP contribution in [0.4, 0.5) is 0 Å². The molecule has 2 rings (SSSR count). The van der Waals surface area contributed by atoms with Crippen molar-refractivity contribution in [2.75, 3.05) is 0 Å². The molecule has 0 bridgehead atoms. The molecule has 0 aliphatic carbocycles. The minimum Gasteiger partial charge on any atom is -0.246 e. The molecule has 1 heteroatoms. The molecule has 0 spiro atoms. The number of para-hydroxylation sites is 1. The van der Waals surface area contributed by atoms with Crippen LogP contribution in [0.25, 0.3) is 10.9 Å². The van der Waals surface area contributed by atoms with E-state index in [9.17, 15) is 0 Å². The lowest BCUT2D eigenvalue weighted by atomic mass is 9.85. The number of pyridine rings is 1. The average molecular weight is 184 g/mol. The van der Waals surface area contributed by atoms with Crippen LogP contribution in [0.15, 0.2) is 30.3 Å². The normalized spacial score (nSPS) is 11.9. The first-order chi connectivity index (χ1) is 6.59. The van der Waals surface area contributed by atoms with Crippen LogP contribution in [-0.4, -0.2) is 4.98 Å². The molecule has 0 atom stereocenters. The summed E-state index contributed by atoms with van der Waals surface area (Å²) in [6.45, 7) is 6.63. The van der Waals surface area contributed by atoms with Crippen molar-refractivity contribution in [3.8, 4) is 0 Å². The van der Waals surface area contributed by atoms with Crippen molar-refractivity contribution in [2.24, 2.45) is 0 Å². The Morgan fingerprint density at radius 2 is 1.86 bits per heavy atom. The van der Waals surface area contributed by atoms with E-state index in [1.807, 2.05) is 18.2 Å². The van der Waals surface area contributed by atoms with Crippen LogP contribution in [0.1, 0.15) is 26.3 Å². The van der Waals surface area contributed by atoms with Gasteiger partial charge >= 0.3 is 0 Å². The van der Waals surface area contributed by atoms with E-state index in [-0.39, 0.29) is 5.41 Å². The minimum absolute atomic E-state index is 0.152. The van der Waals surface area contributed by atoms with Crippen LogP contribution in [0.5, 0.6) is 0 Å². The summed E-state index contributed by atoms with van der Waals surface area (Å²) in [5.41, 5.74) is 2.49. The van der Waals surface area contributed by atoms with Crippen LogP contribution < -0.4 is 0 Å². The maximum absolute atomic E-state index is 4.23. The fourth-order valence-corrected chi connectivity index (χ4v) is 1.66. The van der Waals surface area contributed by atoms with E-state index in [0.717, 1.165) is 5.52 Å². The van der Waals surface area contributed by atoms with Crippen molar-refractivity contribution < 1.29 is 0 Å². The Kier molecular flexibility index (Phi) is 2.03. The third kappa shape index (κ3) is 1.50. The van der Waals surface area contributed by atoms with E-state index in [2.05, 4.69) is 44.1 Å².